The number of carbonyl (C=O) groups excluding carboxylic acids is 1. The van der Waals surface area contributed by atoms with E-state index in [4.69, 9.17) is 0 Å². The van der Waals surface area contributed by atoms with E-state index in [9.17, 15) is 13.2 Å². The fourth-order valence-electron chi connectivity index (χ4n) is 2.94. The van der Waals surface area contributed by atoms with Crippen LogP contribution in [0.25, 0.3) is 16.2 Å². The highest BCUT2D eigenvalue weighted by Gasteiger charge is 2.35. The molecule has 1 aliphatic rings. The van der Waals surface area contributed by atoms with Gasteiger partial charge in [-0.05, 0) is 37.1 Å². The van der Waals surface area contributed by atoms with Crippen molar-refractivity contribution < 1.29 is 13.2 Å². The van der Waals surface area contributed by atoms with Crippen LogP contribution in [-0.2, 0) is 16.6 Å². The molecule has 1 amide bonds. The maximum Gasteiger partial charge on any atom is 0.280 e. The molecule has 0 saturated heterocycles. The average Bonchev–Trinajstić information content (AvgIpc) is 3.33. The largest absolute Gasteiger partial charge is 0.344 e. The van der Waals surface area contributed by atoms with E-state index in [1.54, 1.807) is 35.2 Å². The number of nitrogens with one attached hydrogen (secondary N) is 2. The molecule has 0 aliphatic heterocycles. The standard InChI is InChI=1S/C19H17N7O3S2/c27-18(19-23-11-16(30-19)15-10-21-17-2-1-7-26(17)24-15)22-9-13-8-12(5-6-20-13)25-31(28,29)14-3-4-14/h1-2,5-8,10-11,14H,3-4,9H2,(H,20,25)(H,22,27). The van der Waals surface area contributed by atoms with E-state index in [0.717, 1.165) is 10.5 Å². The fraction of sp³-hybridized carbons (Fsp3) is 0.211. The van der Waals surface area contributed by atoms with Crippen molar-refractivity contribution in [3.05, 3.63) is 59.8 Å². The molecule has 1 aliphatic carbocycles. The summed E-state index contributed by atoms with van der Waals surface area (Å²) in [5.41, 5.74) is 2.32. The highest BCUT2D eigenvalue weighted by atomic mass is 32.2. The van der Waals surface area contributed by atoms with Crippen molar-refractivity contribution in [2.75, 3.05) is 4.72 Å². The second kappa shape index (κ2) is 7.71. The first-order valence-electron chi connectivity index (χ1n) is 9.49. The maximum atomic E-state index is 12.5. The van der Waals surface area contributed by atoms with Gasteiger partial charge in [-0.25, -0.2) is 22.9 Å². The minimum absolute atomic E-state index is 0.141. The highest BCUT2D eigenvalue weighted by Crippen LogP contribution is 2.29. The monoisotopic (exact) mass is 455 g/mol. The normalized spacial score (nSPS) is 13.9. The van der Waals surface area contributed by atoms with E-state index in [-0.39, 0.29) is 22.7 Å². The van der Waals surface area contributed by atoms with Crippen molar-refractivity contribution in [2.24, 2.45) is 0 Å². The highest BCUT2D eigenvalue weighted by molar-refractivity contribution is 7.93. The number of hydrogen-bond donors (Lipinski definition) is 2. The lowest BCUT2D eigenvalue weighted by atomic mass is 10.3. The summed E-state index contributed by atoms with van der Waals surface area (Å²) >= 11 is 1.21. The molecule has 12 heteroatoms. The van der Waals surface area contributed by atoms with E-state index in [0.29, 0.717) is 29.9 Å². The van der Waals surface area contributed by atoms with Crippen molar-refractivity contribution >= 4 is 38.6 Å². The molecule has 0 unspecified atom stereocenters. The zero-order valence-electron chi connectivity index (χ0n) is 16.1. The van der Waals surface area contributed by atoms with E-state index in [1.165, 1.54) is 17.5 Å². The van der Waals surface area contributed by atoms with Gasteiger partial charge in [0.05, 0.1) is 34.2 Å². The molecule has 0 atom stereocenters. The van der Waals surface area contributed by atoms with Gasteiger partial charge in [0, 0.05) is 18.6 Å². The first kappa shape index (κ1) is 19.6. The third-order valence-electron chi connectivity index (χ3n) is 4.66. The third kappa shape index (κ3) is 4.25. The summed E-state index contributed by atoms with van der Waals surface area (Å²) in [5.74, 6) is -0.350. The number of hydrogen-bond acceptors (Lipinski definition) is 8. The van der Waals surface area contributed by atoms with Crippen molar-refractivity contribution in [1.29, 1.82) is 0 Å². The predicted octanol–water partition coefficient (Wildman–Crippen LogP) is 2.08. The first-order chi connectivity index (χ1) is 15.0. The summed E-state index contributed by atoms with van der Waals surface area (Å²) in [7, 11) is -3.35. The smallest absolute Gasteiger partial charge is 0.280 e. The molecule has 0 aromatic carbocycles. The molecule has 4 aromatic heterocycles. The van der Waals surface area contributed by atoms with E-state index in [2.05, 4.69) is 30.1 Å². The van der Waals surface area contributed by atoms with Crippen LogP contribution >= 0.6 is 11.3 Å². The first-order valence-corrected chi connectivity index (χ1v) is 11.9. The zero-order chi connectivity index (χ0) is 21.4. The number of amides is 1. The molecule has 31 heavy (non-hydrogen) atoms. The lowest BCUT2D eigenvalue weighted by Crippen LogP contribution is -2.23. The Balaban J connectivity index is 1.24. The fourth-order valence-corrected chi connectivity index (χ4v) is 5.10. The van der Waals surface area contributed by atoms with Gasteiger partial charge in [0.1, 0.15) is 5.69 Å². The van der Waals surface area contributed by atoms with Crippen LogP contribution in [0.4, 0.5) is 5.69 Å². The SMILES string of the molecule is O=C(NCc1cc(NS(=O)(=O)C2CC2)ccn1)c1ncc(-c2cnc3cccn3n2)s1. The summed E-state index contributed by atoms with van der Waals surface area (Å²) in [6, 6.07) is 6.89. The minimum atomic E-state index is -3.35. The summed E-state index contributed by atoms with van der Waals surface area (Å²) in [5, 5.41) is 7.19. The van der Waals surface area contributed by atoms with E-state index >= 15 is 0 Å². The lowest BCUT2D eigenvalue weighted by Gasteiger charge is -2.08. The second-order valence-electron chi connectivity index (χ2n) is 7.05. The number of anilines is 1. The number of pyridine rings is 1. The maximum absolute atomic E-state index is 12.5. The Morgan fingerprint density at radius 1 is 1.19 bits per heavy atom. The summed E-state index contributed by atoms with van der Waals surface area (Å²) < 4.78 is 28.4. The number of nitrogens with zero attached hydrogens (tertiary/aromatic N) is 5. The molecule has 158 valence electrons. The number of fused-ring (bicyclic) bond motifs is 1. The molecule has 0 bridgehead atoms. The summed E-state index contributed by atoms with van der Waals surface area (Å²) in [4.78, 5) is 25.9. The Bertz CT molecular complexity index is 1380. The number of carbonyl (C=O) groups is 1. The minimum Gasteiger partial charge on any atom is -0.344 e. The van der Waals surface area contributed by atoms with Gasteiger partial charge < -0.3 is 5.32 Å². The van der Waals surface area contributed by atoms with Crippen LogP contribution in [0.1, 0.15) is 28.3 Å². The van der Waals surface area contributed by atoms with Crippen LogP contribution in [0.2, 0.25) is 0 Å². The molecule has 4 heterocycles. The van der Waals surface area contributed by atoms with E-state index in [1.807, 2.05) is 12.1 Å². The quantitative estimate of drug-likeness (QED) is 0.436. The van der Waals surface area contributed by atoms with Crippen LogP contribution in [-0.4, -0.2) is 44.1 Å². The van der Waals surface area contributed by atoms with Crippen molar-refractivity contribution in [3.8, 4) is 10.6 Å². The van der Waals surface area contributed by atoms with Gasteiger partial charge in [-0.2, -0.15) is 5.10 Å². The molecule has 1 saturated carbocycles. The predicted molar refractivity (Wildman–Crippen MR) is 115 cm³/mol. The van der Waals surface area contributed by atoms with Gasteiger partial charge in [0.2, 0.25) is 10.0 Å². The Morgan fingerprint density at radius 3 is 2.90 bits per heavy atom. The Morgan fingerprint density at radius 2 is 2.06 bits per heavy atom. The van der Waals surface area contributed by atoms with Crippen LogP contribution in [0.15, 0.2) is 49.1 Å². The van der Waals surface area contributed by atoms with E-state index < -0.39 is 10.0 Å². The van der Waals surface area contributed by atoms with Crippen molar-refractivity contribution in [1.82, 2.24) is 29.9 Å². The third-order valence-corrected chi connectivity index (χ3v) is 7.55. The van der Waals surface area contributed by atoms with Gasteiger partial charge in [-0.1, -0.05) is 0 Å². The van der Waals surface area contributed by atoms with Gasteiger partial charge in [0.25, 0.3) is 5.91 Å². The van der Waals surface area contributed by atoms with Gasteiger partial charge in [-0.3, -0.25) is 14.5 Å². The molecule has 0 radical (unpaired) electrons. The van der Waals surface area contributed by atoms with Crippen LogP contribution in [0.5, 0.6) is 0 Å². The molecule has 10 nitrogen and oxygen atoms in total. The van der Waals surface area contributed by atoms with Crippen LogP contribution in [0, 0.1) is 0 Å². The Kier molecular flexibility index (Phi) is 4.87. The molecular formula is C19H17N7O3S2. The van der Waals surface area contributed by atoms with Gasteiger partial charge >= 0.3 is 0 Å². The molecule has 1 fully saturated rings. The Hall–Kier alpha value is -3.38. The average molecular weight is 456 g/mol. The molecule has 2 N–H and O–H groups in total. The summed E-state index contributed by atoms with van der Waals surface area (Å²) in [6.45, 7) is 0.141. The molecular weight excluding hydrogens is 438 g/mol. The van der Waals surface area contributed by atoms with Crippen LogP contribution in [0.3, 0.4) is 0 Å². The van der Waals surface area contributed by atoms with Gasteiger partial charge in [-0.15, -0.1) is 11.3 Å². The number of rotatable bonds is 7. The zero-order valence-corrected chi connectivity index (χ0v) is 17.7. The number of aromatic nitrogens is 5. The lowest BCUT2D eigenvalue weighted by molar-refractivity contribution is 0.0950. The molecule has 4 aromatic rings. The Labute approximate surface area is 181 Å². The molecule has 5 rings (SSSR count). The number of thiazole rings is 1. The number of sulfonamides is 1. The summed E-state index contributed by atoms with van der Waals surface area (Å²) in [6.07, 6.45) is 7.90. The second-order valence-corrected chi connectivity index (χ2v) is 10.0. The topological polar surface area (TPSA) is 131 Å². The van der Waals surface area contributed by atoms with Gasteiger partial charge in [0.15, 0.2) is 10.7 Å². The molecule has 0 spiro atoms. The van der Waals surface area contributed by atoms with Crippen molar-refractivity contribution in [3.63, 3.8) is 0 Å². The van der Waals surface area contributed by atoms with Crippen molar-refractivity contribution in [2.45, 2.75) is 24.6 Å². The van der Waals surface area contributed by atoms with Crippen LogP contribution < -0.4 is 10.0 Å².